The number of rotatable bonds is 7. The summed E-state index contributed by atoms with van der Waals surface area (Å²) < 4.78 is 2.01. The molecule has 0 amide bonds. The van der Waals surface area contributed by atoms with Crippen LogP contribution in [0.5, 0.6) is 0 Å². The lowest BCUT2D eigenvalue weighted by Crippen LogP contribution is -2.16. The van der Waals surface area contributed by atoms with Gasteiger partial charge in [0.05, 0.1) is 0 Å². The number of nitrogens with zero attached hydrogens (tertiary/aromatic N) is 3. The molecule has 0 aliphatic rings. The first kappa shape index (κ1) is 16.0. The van der Waals surface area contributed by atoms with Crippen molar-refractivity contribution in [2.75, 3.05) is 5.88 Å². The molecule has 2 rings (SSSR count). The van der Waals surface area contributed by atoms with E-state index in [4.69, 9.17) is 11.6 Å². The molecule has 0 saturated heterocycles. The van der Waals surface area contributed by atoms with Gasteiger partial charge in [-0.1, -0.05) is 43.7 Å². The summed E-state index contributed by atoms with van der Waals surface area (Å²) >= 11 is 6.17. The monoisotopic (exact) mass is 305 g/mol. The Morgan fingerprint density at radius 3 is 2.48 bits per heavy atom. The number of halogens is 1. The van der Waals surface area contributed by atoms with Gasteiger partial charge in [-0.15, -0.1) is 11.6 Å². The van der Waals surface area contributed by atoms with Gasteiger partial charge in [0.25, 0.3) is 0 Å². The van der Waals surface area contributed by atoms with Crippen LogP contribution in [-0.4, -0.2) is 20.6 Å². The standard InChI is InChI=1S/C17H24ClN3/c1-13(2)11-21-17(19-12-20-21)9-16(10-18)8-15-6-4-14(3)5-7-15/h4-7,12-13,16H,8-11H2,1-3H3. The summed E-state index contributed by atoms with van der Waals surface area (Å²) in [7, 11) is 0. The van der Waals surface area contributed by atoms with Crippen LogP contribution in [0.1, 0.15) is 30.8 Å². The summed E-state index contributed by atoms with van der Waals surface area (Å²) in [5, 5.41) is 4.32. The van der Waals surface area contributed by atoms with Crippen LogP contribution in [0.15, 0.2) is 30.6 Å². The number of aromatic nitrogens is 3. The zero-order valence-electron chi connectivity index (χ0n) is 13.1. The second-order valence-corrected chi connectivity index (χ2v) is 6.48. The first-order valence-electron chi connectivity index (χ1n) is 7.56. The zero-order chi connectivity index (χ0) is 15.2. The Morgan fingerprint density at radius 2 is 1.86 bits per heavy atom. The molecule has 0 aliphatic carbocycles. The predicted molar refractivity (Wildman–Crippen MR) is 87.7 cm³/mol. The fraction of sp³-hybridized carbons (Fsp3) is 0.529. The lowest BCUT2D eigenvalue weighted by atomic mass is 9.97. The second kappa shape index (κ2) is 7.60. The smallest absolute Gasteiger partial charge is 0.138 e. The molecule has 0 saturated carbocycles. The van der Waals surface area contributed by atoms with Crippen LogP contribution in [-0.2, 0) is 19.4 Å². The Hall–Kier alpha value is -1.35. The maximum atomic E-state index is 6.17. The normalized spacial score (nSPS) is 12.8. The number of hydrogen-bond donors (Lipinski definition) is 0. The van der Waals surface area contributed by atoms with Gasteiger partial charge in [0.2, 0.25) is 0 Å². The SMILES string of the molecule is Cc1ccc(CC(CCl)Cc2ncnn2CC(C)C)cc1. The fourth-order valence-corrected chi connectivity index (χ4v) is 2.66. The largest absolute Gasteiger partial charge is 0.250 e. The summed E-state index contributed by atoms with van der Waals surface area (Å²) in [4.78, 5) is 4.41. The van der Waals surface area contributed by atoms with Crippen molar-refractivity contribution in [1.82, 2.24) is 14.8 Å². The van der Waals surface area contributed by atoms with Gasteiger partial charge in [0.1, 0.15) is 12.2 Å². The molecule has 0 aliphatic heterocycles. The average Bonchev–Trinajstić information content (AvgIpc) is 2.87. The van der Waals surface area contributed by atoms with Gasteiger partial charge in [-0.05, 0) is 30.7 Å². The Kier molecular flexibility index (Phi) is 5.80. The summed E-state index contributed by atoms with van der Waals surface area (Å²) in [5.41, 5.74) is 2.62. The van der Waals surface area contributed by atoms with Crippen LogP contribution in [0.3, 0.4) is 0 Å². The first-order valence-corrected chi connectivity index (χ1v) is 8.10. The molecule has 1 aromatic carbocycles. The minimum Gasteiger partial charge on any atom is -0.250 e. The molecule has 21 heavy (non-hydrogen) atoms. The fourth-order valence-electron chi connectivity index (χ4n) is 2.44. The van der Waals surface area contributed by atoms with E-state index in [0.717, 1.165) is 25.2 Å². The highest BCUT2D eigenvalue weighted by molar-refractivity contribution is 6.18. The summed E-state index contributed by atoms with van der Waals surface area (Å²) in [6.45, 7) is 7.40. The second-order valence-electron chi connectivity index (χ2n) is 6.17. The quantitative estimate of drug-likeness (QED) is 0.727. The van der Waals surface area contributed by atoms with E-state index in [1.807, 2.05) is 4.68 Å². The van der Waals surface area contributed by atoms with E-state index >= 15 is 0 Å². The zero-order valence-corrected chi connectivity index (χ0v) is 13.8. The topological polar surface area (TPSA) is 30.7 Å². The van der Waals surface area contributed by atoms with Crippen LogP contribution in [0, 0.1) is 18.8 Å². The molecule has 1 unspecified atom stereocenters. The van der Waals surface area contributed by atoms with Crippen molar-refractivity contribution in [3.63, 3.8) is 0 Å². The van der Waals surface area contributed by atoms with Gasteiger partial charge < -0.3 is 0 Å². The van der Waals surface area contributed by atoms with Crippen molar-refractivity contribution in [2.45, 2.75) is 40.2 Å². The van der Waals surface area contributed by atoms with Crippen LogP contribution >= 0.6 is 11.6 Å². The molecule has 3 nitrogen and oxygen atoms in total. The highest BCUT2D eigenvalue weighted by Crippen LogP contribution is 2.16. The van der Waals surface area contributed by atoms with E-state index in [0.29, 0.717) is 17.7 Å². The number of benzene rings is 1. The highest BCUT2D eigenvalue weighted by Gasteiger charge is 2.14. The van der Waals surface area contributed by atoms with Gasteiger partial charge >= 0.3 is 0 Å². The van der Waals surface area contributed by atoms with E-state index in [1.54, 1.807) is 6.33 Å². The van der Waals surface area contributed by atoms with Crippen LogP contribution in [0.2, 0.25) is 0 Å². The molecule has 1 aromatic heterocycles. The molecule has 0 spiro atoms. The molecular formula is C17H24ClN3. The van der Waals surface area contributed by atoms with Crippen molar-refractivity contribution in [3.8, 4) is 0 Å². The molecule has 4 heteroatoms. The van der Waals surface area contributed by atoms with Crippen molar-refractivity contribution < 1.29 is 0 Å². The van der Waals surface area contributed by atoms with Crippen LogP contribution in [0.4, 0.5) is 0 Å². The van der Waals surface area contributed by atoms with Crippen LogP contribution in [0.25, 0.3) is 0 Å². The first-order chi connectivity index (χ1) is 10.1. The predicted octanol–water partition coefficient (Wildman–Crippen LogP) is 3.88. The lowest BCUT2D eigenvalue weighted by molar-refractivity contribution is 0.447. The molecule has 0 N–H and O–H groups in total. The van der Waals surface area contributed by atoms with Gasteiger partial charge in [-0.2, -0.15) is 5.10 Å². The third kappa shape index (κ3) is 4.85. The van der Waals surface area contributed by atoms with E-state index in [9.17, 15) is 0 Å². The van der Waals surface area contributed by atoms with Crippen molar-refractivity contribution in [1.29, 1.82) is 0 Å². The van der Waals surface area contributed by atoms with Crippen molar-refractivity contribution >= 4 is 11.6 Å². The molecule has 0 radical (unpaired) electrons. The number of alkyl halides is 1. The maximum absolute atomic E-state index is 6.17. The van der Waals surface area contributed by atoms with Gasteiger partial charge in [-0.3, -0.25) is 0 Å². The summed E-state index contributed by atoms with van der Waals surface area (Å²) in [5.74, 6) is 2.64. The number of hydrogen-bond acceptors (Lipinski definition) is 2. The third-order valence-corrected chi connectivity index (χ3v) is 4.00. The summed E-state index contributed by atoms with van der Waals surface area (Å²) in [6.07, 6.45) is 3.51. The van der Waals surface area contributed by atoms with Crippen molar-refractivity contribution in [3.05, 3.63) is 47.5 Å². The van der Waals surface area contributed by atoms with Gasteiger partial charge in [0, 0.05) is 18.8 Å². The average molecular weight is 306 g/mol. The van der Waals surface area contributed by atoms with Crippen molar-refractivity contribution in [2.24, 2.45) is 11.8 Å². The molecule has 1 heterocycles. The Labute approximate surface area is 132 Å². The van der Waals surface area contributed by atoms with Gasteiger partial charge in [-0.25, -0.2) is 9.67 Å². The third-order valence-electron chi connectivity index (χ3n) is 3.57. The van der Waals surface area contributed by atoms with E-state index in [1.165, 1.54) is 11.1 Å². The lowest BCUT2D eigenvalue weighted by Gasteiger charge is -2.15. The van der Waals surface area contributed by atoms with E-state index in [-0.39, 0.29) is 0 Å². The Balaban J connectivity index is 2.02. The number of aryl methyl sites for hydroxylation is 1. The van der Waals surface area contributed by atoms with Gasteiger partial charge in [0.15, 0.2) is 0 Å². The minimum atomic E-state index is 0.393. The summed E-state index contributed by atoms with van der Waals surface area (Å²) in [6, 6.07) is 8.69. The van der Waals surface area contributed by atoms with E-state index in [2.05, 4.69) is 55.1 Å². The molecule has 2 aromatic rings. The Bertz CT molecular complexity index is 545. The Morgan fingerprint density at radius 1 is 1.14 bits per heavy atom. The van der Waals surface area contributed by atoms with E-state index < -0.39 is 0 Å². The molecular weight excluding hydrogens is 282 g/mol. The maximum Gasteiger partial charge on any atom is 0.138 e. The van der Waals surface area contributed by atoms with Crippen LogP contribution < -0.4 is 0 Å². The molecule has 0 bridgehead atoms. The molecule has 0 fully saturated rings. The molecule has 1 atom stereocenters. The highest BCUT2D eigenvalue weighted by atomic mass is 35.5. The minimum absolute atomic E-state index is 0.393. The molecule has 114 valence electrons.